The maximum atomic E-state index is 14.5. The minimum atomic E-state index is -0.446. The zero-order valence-corrected chi connectivity index (χ0v) is 17.4. The molecule has 142 valence electrons. The number of hydrogen-bond donors (Lipinski definition) is 0. The molecule has 0 saturated carbocycles. The molecule has 0 amide bonds. The van der Waals surface area contributed by atoms with Crippen LogP contribution in [0.3, 0.4) is 0 Å². The van der Waals surface area contributed by atoms with E-state index in [2.05, 4.69) is 34.7 Å². The molecule has 1 aliphatic heterocycles. The summed E-state index contributed by atoms with van der Waals surface area (Å²) >= 11 is 3.28. The second-order valence-corrected chi connectivity index (χ2v) is 8.27. The summed E-state index contributed by atoms with van der Waals surface area (Å²) in [5.74, 6) is 0.901. The van der Waals surface area contributed by atoms with Crippen LogP contribution in [0.15, 0.2) is 21.4 Å². The highest BCUT2D eigenvalue weighted by Crippen LogP contribution is 2.30. The van der Waals surface area contributed by atoms with Crippen molar-refractivity contribution in [3.05, 3.63) is 38.6 Å². The standard InChI is InChI=1S/C20H27BrFN3O/c1-4-7-17(24-9-6-8-13(3)12-24)19-23-18-15(20(26)25(19)5-2)10-14(21)11-16(18)22/h10-11,13,17H,4-9,12H2,1-3H3/t13-,17+/m0/s1. The van der Waals surface area contributed by atoms with Crippen molar-refractivity contribution < 1.29 is 4.39 Å². The summed E-state index contributed by atoms with van der Waals surface area (Å²) in [6, 6.07) is 3.11. The van der Waals surface area contributed by atoms with Gasteiger partial charge in [0.2, 0.25) is 0 Å². The fraction of sp³-hybridized carbons (Fsp3) is 0.600. The molecule has 1 aliphatic rings. The third-order valence-corrected chi connectivity index (χ3v) is 5.77. The largest absolute Gasteiger partial charge is 0.295 e. The van der Waals surface area contributed by atoms with Gasteiger partial charge in [-0.25, -0.2) is 9.37 Å². The summed E-state index contributed by atoms with van der Waals surface area (Å²) in [4.78, 5) is 20.2. The first-order valence-electron chi connectivity index (χ1n) is 9.59. The number of piperidine rings is 1. The van der Waals surface area contributed by atoms with Gasteiger partial charge in [0.1, 0.15) is 11.3 Å². The van der Waals surface area contributed by atoms with Gasteiger partial charge >= 0.3 is 0 Å². The molecule has 0 bridgehead atoms. The molecule has 0 aliphatic carbocycles. The lowest BCUT2D eigenvalue weighted by Gasteiger charge is -2.37. The smallest absolute Gasteiger partial charge is 0.261 e. The molecule has 0 radical (unpaired) electrons. The normalized spacial score (nSPS) is 19.8. The van der Waals surface area contributed by atoms with E-state index in [1.165, 1.54) is 12.5 Å². The number of benzene rings is 1. The second kappa shape index (κ2) is 8.17. The Kier molecular flexibility index (Phi) is 6.13. The number of hydrogen-bond acceptors (Lipinski definition) is 3. The first-order chi connectivity index (χ1) is 12.5. The SMILES string of the molecule is CCC[C@H](c1nc2c(F)cc(Br)cc2c(=O)n1CC)N1CCC[C@H](C)C1. The fourth-order valence-corrected chi connectivity index (χ4v) is 4.51. The van der Waals surface area contributed by atoms with Gasteiger partial charge < -0.3 is 0 Å². The number of likely N-dealkylation sites (tertiary alicyclic amines) is 1. The molecule has 26 heavy (non-hydrogen) atoms. The van der Waals surface area contributed by atoms with Crippen LogP contribution in [0.5, 0.6) is 0 Å². The highest BCUT2D eigenvalue weighted by atomic mass is 79.9. The van der Waals surface area contributed by atoms with Gasteiger partial charge in [-0.15, -0.1) is 0 Å². The zero-order valence-electron chi connectivity index (χ0n) is 15.8. The molecule has 1 aromatic heterocycles. The molecule has 1 saturated heterocycles. The van der Waals surface area contributed by atoms with Gasteiger partial charge in [-0.05, 0) is 50.8 Å². The Labute approximate surface area is 162 Å². The van der Waals surface area contributed by atoms with Crippen molar-refractivity contribution >= 4 is 26.8 Å². The summed E-state index contributed by atoms with van der Waals surface area (Å²) in [7, 11) is 0. The predicted octanol–water partition coefficient (Wildman–Crippen LogP) is 4.89. The van der Waals surface area contributed by atoms with E-state index in [9.17, 15) is 9.18 Å². The van der Waals surface area contributed by atoms with E-state index in [0.29, 0.717) is 28.1 Å². The number of fused-ring (bicyclic) bond motifs is 1. The molecule has 2 atom stereocenters. The van der Waals surface area contributed by atoms with Gasteiger partial charge in [-0.3, -0.25) is 14.3 Å². The third kappa shape index (κ3) is 3.72. The van der Waals surface area contributed by atoms with Gasteiger partial charge in [-0.1, -0.05) is 36.2 Å². The van der Waals surface area contributed by atoms with Crippen molar-refractivity contribution in [3.8, 4) is 0 Å². The first-order valence-corrected chi connectivity index (χ1v) is 10.4. The van der Waals surface area contributed by atoms with Crippen molar-refractivity contribution in [2.45, 2.75) is 59.0 Å². The van der Waals surface area contributed by atoms with Crippen molar-refractivity contribution in [2.24, 2.45) is 5.92 Å². The zero-order chi connectivity index (χ0) is 18.8. The Balaban J connectivity index is 2.18. The van der Waals surface area contributed by atoms with Crippen LogP contribution in [0.25, 0.3) is 10.9 Å². The molecule has 0 spiro atoms. The summed E-state index contributed by atoms with van der Waals surface area (Å²) < 4.78 is 16.8. The minimum absolute atomic E-state index is 0.0582. The van der Waals surface area contributed by atoms with E-state index in [0.717, 1.165) is 32.4 Å². The lowest BCUT2D eigenvalue weighted by atomic mass is 9.97. The highest BCUT2D eigenvalue weighted by Gasteiger charge is 2.28. The molecular weight excluding hydrogens is 397 g/mol. The minimum Gasteiger partial charge on any atom is -0.295 e. The van der Waals surface area contributed by atoms with Crippen LogP contribution in [0.2, 0.25) is 0 Å². The monoisotopic (exact) mass is 423 g/mol. The molecule has 3 rings (SSSR count). The summed E-state index contributed by atoms with van der Waals surface area (Å²) in [6.45, 7) is 8.92. The molecular formula is C20H27BrFN3O. The van der Waals surface area contributed by atoms with Gasteiger partial charge in [0.15, 0.2) is 5.82 Å². The van der Waals surface area contributed by atoms with Crippen molar-refractivity contribution in [2.75, 3.05) is 13.1 Å². The molecule has 1 fully saturated rings. The molecule has 2 aromatic rings. The van der Waals surface area contributed by atoms with E-state index >= 15 is 0 Å². The maximum Gasteiger partial charge on any atom is 0.261 e. The lowest BCUT2D eigenvalue weighted by molar-refractivity contribution is 0.114. The summed E-state index contributed by atoms with van der Waals surface area (Å²) in [6.07, 6.45) is 4.31. The molecule has 2 heterocycles. The van der Waals surface area contributed by atoms with E-state index in [1.54, 1.807) is 10.6 Å². The average molecular weight is 424 g/mol. The van der Waals surface area contributed by atoms with Crippen LogP contribution >= 0.6 is 15.9 Å². The van der Waals surface area contributed by atoms with Gasteiger partial charge in [0, 0.05) is 17.6 Å². The highest BCUT2D eigenvalue weighted by molar-refractivity contribution is 9.10. The van der Waals surface area contributed by atoms with Crippen molar-refractivity contribution in [1.29, 1.82) is 0 Å². The average Bonchev–Trinajstić information content (AvgIpc) is 2.60. The van der Waals surface area contributed by atoms with E-state index in [-0.39, 0.29) is 17.1 Å². The van der Waals surface area contributed by atoms with Crippen LogP contribution < -0.4 is 5.56 Å². The van der Waals surface area contributed by atoms with Crippen LogP contribution in [0.1, 0.15) is 58.3 Å². The van der Waals surface area contributed by atoms with Gasteiger partial charge in [0.25, 0.3) is 5.56 Å². The first kappa shape index (κ1) is 19.5. The number of halogens is 2. The van der Waals surface area contributed by atoms with Crippen LogP contribution in [-0.4, -0.2) is 27.5 Å². The Bertz CT molecular complexity index is 851. The van der Waals surface area contributed by atoms with Crippen molar-refractivity contribution in [3.63, 3.8) is 0 Å². The van der Waals surface area contributed by atoms with Gasteiger partial charge in [-0.2, -0.15) is 0 Å². The topological polar surface area (TPSA) is 38.1 Å². The molecule has 0 N–H and O–H groups in total. The Hall–Kier alpha value is -1.27. The van der Waals surface area contributed by atoms with E-state index in [4.69, 9.17) is 4.98 Å². The quantitative estimate of drug-likeness (QED) is 0.686. The van der Waals surface area contributed by atoms with Crippen LogP contribution in [0.4, 0.5) is 4.39 Å². The summed E-state index contributed by atoms with van der Waals surface area (Å²) in [5, 5.41) is 0.338. The van der Waals surface area contributed by atoms with Gasteiger partial charge in [0.05, 0.1) is 11.4 Å². The lowest BCUT2D eigenvalue weighted by Crippen LogP contribution is -2.40. The number of aromatic nitrogens is 2. The Morgan fingerprint density at radius 3 is 2.81 bits per heavy atom. The Morgan fingerprint density at radius 2 is 2.15 bits per heavy atom. The predicted molar refractivity (Wildman–Crippen MR) is 107 cm³/mol. The molecule has 6 heteroatoms. The van der Waals surface area contributed by atoms with Crippen molar-refractivity contribution in [1.82, 2.24) is 14.5 Å². The molecule has 1 aromatic carbocycles. The number of rotatable bonds is 5. The number of nitrogens with zero attached hydrogens (tertiary/aromatic N) is 3. The summed E-state index contributed by atoms with van der Waals surface area (Å²) in [5.41, 5.74) is 0.0305. The second-order valence-electron chi connectivity index (χ2n) is 7.35. The fourth-order valence-electron chi connectivity index (χ4n) is 4.08. The third-order valence-electron chi connectivity index (χ3n) is 5.31. The van der Waals surface area contributed by atoms with E-state index in [1.807, 2.05) is 6.92 Å². The maximum absolute atomic E-state index is 14.5. The van der Waals surface area contributed by atoms with Crippen LogP contribution in [-0.2, 0) is 6.54 Å². The molecule has 4 nitrogen and oxygen atoms in total. The van der Waals surface area contributed by atoms with Crippen LogP contribution in [0, 0.1) is 11.7 Å². The Morgan fingerprint density at radius 1 is 1.38 bits per heavy atom. The molecule has 0 unspecified atom stereocenters. The van der Waals surface area contributed by atoms with E-state index < -0.39 is 5.82 Å².